The van der Waals surface area contributed by atoms with E-state index in [1.807, 2.05) is 25.1 Å². The van der Waals surface area contributed by atoms with Gasteiger partial charge in [-0.15, -0.1) is 11.3 Å². The first-order chi connectivity index (χ1) is 23.1. The molecule has 0 saturated carbocycles. The van der Waals surface area contributed by atoms with Crippen LogP contribution in [0.5, 0.6) is 0 Å². The molecule has 4 aromatic heterocycles. The first-order valence-electron chi connectivity index (χ1n) is 17.6. The molecule has 0 N–H and O–H groups in total. The molecule has 0 unspecified atom stereocenters. The molecule has 214 valence electrons. The molecule has 0 aliphatic heterocycles. The number of benzene rings is 3. The van der Waals surface area contributed by atoms with Crippen LogP contribution in [0, 0.1) is 20.6 Å². The first kappa shape index (κ1) is 21.4. The van der Waals surface area contributed by atoms with E-state index in [0.29, 0.717) is 26.1 Å². The monoisotopic (exact) mass is 586 g/mol. The zero-order valence-corrected chi connectivity index (χ0v) is 25.7. The van der Waals surface area contributed by atoms with Crippen molar-refractivity contribution in [3.05, 3.63) is 107 Å². The molecule has 0 aliphatic carbocycles. The van der Waals surface area contributed by atoms with Gasteiger partial charge in [0, 0.05) is 41.2 Å². The van der Waals surface area contributed by atoms with Gasteiger partial charge in [-0.05, 0) is 96.7 Å². The third-order valence-corrected chi connectivity index (χ3v) is 9.35. The van der Waals surface area contributed by atoms with Crippen molar-refractivity contribution in [3.63, 3.8) is 0 Å². The normalized spacial score (nSPS) is 14.7. The van der Waals surface area contributed by atoms with Crippen molar-refractivity contribution in [1.29, 1.82) is 0 Å². The summed E-state index contributed by atoms with van der Waals surface area (Å²) in [7, 11) is 0. The molecular weight excluding hydrogens is 545 g/mol. The predicted octanol–water partition coefficient (Wildman–Crippen LogP) is 10.7. The van der Waals surface area contributed by atoms with Crippen LogP contribution in [0.1, 0.15) is 75.8 Å². The lowest BCUT2D eigenvalue weighted by Crippen LogP contribution is -2.10. The molecule has 3 aromatic carbocycles. The van der Waals surface area contributed by atoms with E-state index in [1.54, 1.807) is 18.3 Å². The molecule has 5 heteroatoms. The Hall–Kier alpha value is -4.35. The van der Waals surface area contributed by atoms with E-state index in [2.05, 4.69) is 73.6 Å². The average Bonchev–Trinajstić information content (AvgIpc) is 3.62. The summed E-state index contributed by atoms with van der Waals surface area (Å²) in [5.74, 6) is 0.971. The Bertz CT molecular complexity index is 2360. The van der Waals surface area contributed by atoms with E-state index in [1.165, 1.54) is 17.4 Å². The third kappa shape index (κ3) is 4.45. The molecule has 0 bridgehead atoms. The van der Waals surface area contributed by atoms with Gasteiger partial charge < -0.3 is 0 Å². The fraction of sp³-hybridized carbons (Fsp3) is 0.237. The van der Waals surface area contributed by atoms with Gasteiger partial charge in [-0.1, -0.05) is 64.1 Å². The molecule has 0 aliphatic rings. The number of thiophene rings is 1. The van der Waals surface area contributed by atoms with Crippen LogP contribution < -0.4 is 0 Å². The summed E-state index contributed by atoms with van der Waals surface area (Å²) in [5, 5.41) is 1.16. The van der Waals surface area contributed by atoms with Gasteiger partial charge in [0.05, 0.1) is 22.4 Å². The Morgan fingerprint density at radius 1 is 0.814 bits per heavy atom. The van der Waals surface area contributed by atoms with Gasteiger partial charge in [0.1, 0.15) is 10.7 Å². The molecule has 0 radical (unpaired) electrons. The van der Waals surface area contributed by atoms with Gasteiger partial charge in [0.15, 0.2) is 0 Å². The number of imidazole rings is 1. The smallest absolute Gasteiger partial charge is 0.147 e. The molecule has 0 amide bonds. The highest BCUT2D eigenvalue weighted by molar-refractivity contribution is 7.26. The van der Waals surface area contributed by atoms with Gasteiger partial charge >= 0.3 is 0 Å². The van der Waals surface area contributed by atoms with Crippen molar-refractivity contribution in [2.45, 2.75) is 60.2 Å². The number of hydrogen-bond acceptors (Lipinski definition) is 4. The SMILES string of the molecule is [2H]C([2H])([2H])c1ccc2c(n1)sc1c(-c3nc4ccnc(C)c4n3-c3c(C(C)C)cc(-c4ccccc4)cc3C(C)C)ccc(C([2H])([2H])[2H])c12. The lowest BCUT2D eigenvalue weighted by Gasteiger charge is -2.24. The molecule has 7 aromatic rings. The quantitative estimate of drug-likeness (QED) is 0.201. The van der Waals surface area contributed by atoms with Crippen LogP contribution in [0.2, 0.25) is 0 Å². The van der Waals surface area contributed by atoms with Gasteiger partial charge in [-0.25, -0.2) is 9.97 Å². The Labute approximate surface area is 265 Å². The van der Waals surface area contributed by atoms with Crippen molar-refractivity contribution < 1.29 is 8.22 Å². The second-order valence-electron chi connectivity index (χ2n) is 11.7. The predicted molar refractivity (Wildman–Crippen MR) is 183 cm³/mol. The maximum absolute atomic E-state index is 8.42. The van der Waals surface area contributed by atoms with Crippen LogP contribution in [0.15, 0.2) is 79.0 Å². The summed E-state index contributed by atoms with van der Waals surface area (Å²) < 4.78 is 52.0. The van der Waals surface area contributed by atoms with Crippen molar-refractivity contribution in [2.75, 3.05) is 0 Å². The molecule has 7 rings (SSSR count). The van der Waals surface area contributed by atoms with E-state index < -0.39 is 13.7 Å². The Kier molecular flexibility index (Phi) is 5.18. The molecule has 0 spiro atoms. The number of nitrogens with zero attached hydrogens (tertiary/aromatic N) is 4. The molecular formula is C38H36N4S. The third-order valence-electron chi connectivity index (χ3n) is 8.22. The van der Waals surface area contributed by atoms with Crippen LogP contribution >= 0.6 is 11.3 Å². The zero-order chi connectivity index (χ0) is 35.0. The van der Waals surface area contributed by atoms with Crippen molar-refractivity contribution in [2.24, 2.45) is 0 Å². The topological polar surface area (TPSA) is 43.6 Å². The van der Waals surface area contributed by atoms with E-state index in [0.717, 1.165) is 50.2 Å². The van der Waals surface area contributed by atoms with Crippen molar-refractivity contribution >= 4 is 42.7 Å². The fourth-order valence-corrected chi connectivity index (χ4v) is 7.34. The first-order valence-corrected chi connectivity index (χ1v) is 15.4. The number of aromatic nitrogens is 4. The maximum atomic E-state index is 8.42. The zero-order valence-electron chi connectivity index (χ0n) is 30.9. The minimum Gasteiger partial charge on any atom is -0.290 e. The summed E-state index contributed by atoms with van der Waals surface area (Å²) in [6.07, 6.45) is 1.76. The van der Waals surface area contributed by atoms with Crippen molar-refractivity contribution in [3.8, 4) is 28.2 Å². The second kappa shape index (κ2) is 10.4. The van der Waals surface area contributed by atoms with Gasteiger partial charge in [-0.3, -0.25) is 9.55 Å². The molecule has 43 heavy (non-hydrogen) atoms. The lowest BCUT2D eigenvalue weighted by atomic mass is 9.88. The number of aryl methyl sites for hydroxylation is 3. The largest absolute Gasteiger partial charge is 0.290 e. The summed E-state index contributed by atoms with van der Waals surface area (Å²) in [6.45, 7) is 5.98. The molecule has 4 heterocycles. The standard InChI is InChI=1S/C38H36N4S/c1-21(2)30-19-27(26-11-9-8-10-12-26)20-31(22(3)4)35(30)42-34-25(7)39-18-17-32(34)41-37(42)29-15-13-23(5)33-28-16-14-24(6)40-38(28)43-36(29)33/h8-22H,1-7H3/i5D3,6D3. The summed E-state index contributed by atoms with van der Waals surface area (Å²) in [6, 6.07) is 23.5. The molecule has 0 saturated heterocycles. The second-order valence-corrected chi connectivity index (χ2v) is 12.7. The number of fused-ring (bicyclic) bond motifs is 4. The summed E-state index contributed by atoms with van der Waals surface area (Å²) in [4.78, 5) is 14.9. The van der Waals surface area contributed by atoms with Gasteiger partial charge in [-0.2, -0.15) is 0 Å². The average molecular weight is 587 g/mol. The molecule has 0 fully saturated rings. The summed E-state index contributed by atoms with van der Waals surface area (Å²) in [5.41, 5.74) is 9.02. The highest BCUT2D eigenvalue weighted by Gasteiger charge is 2.26. The Balaban J connectivity index is 1.63. The number of hydrogen-bond donors (Lipinski definition) is 0. The highest BCUT2D eigenvalue weighted by atomic mass is 32.1. The minimum absolute atomic E-state index is 0.0286. The summed E-state index contributed by atoms with van der Waals surface area (Å²) >= 11 is 1.30. The Morgan fingerprint density at radius 3 is 2.28 bits per heavy atom. The van der Waals surface area contributed by atoms with Crippen LogP contribution in [-0.4, -0.2) is 19.5 Å². The lowest BCUT2D eigenvalue weighted by molar-refractivity contribution is 0.811. The van der Waals surface area contributed by atoms with Crippen molar-refractivity contribution in [1.82, 2.24) is 19.5 Å². The van der Waals surface area contributed by atoms with Crippen LogP contribution in [0.25, 0.3) is 59.5 Å². The van der Waals surface area contributed by atoms with Crippen LogP contribution in [0.4, 0.5) is 0 Å². The van der Waals surface area contributed by atoms with Gasteiger partial charge in [0.2, 0.25) is 0 Å². The molecule has 0 atom stereocenters. The van der Waals surface area contributed by atoms with Gasteiger partial charge in [0.25, 0.3) is 0 Å². The highest BCUT2D eigenvalue weighted by Crippen LogP contribution is 2.45. The van der Waals surface area contributed by atoms with Crippen LogP contribution in [-0.2, 0) is 0 Å². The van der Waals surface area contributed by atoms with E-state index in [-0.39, 0.29) is 23.1 Å². The van der Waals surface area contributed by atoms with E-state index >= 15 is 0 Å². The minimum atomic E-state index is -2.41. The number of rotatable bonds is 5. The van der Waals surface area contributed by atoms with E-state index in [4.69, 9.17) is 18.2 Å². The fourth-order valence-electron chi connectivity index (χ4n) is 6.13. The van der Waals surface area contributed by atoms with Crippen LogP contribution in [0.3, 0.4) is 0 Å². The van der Waals surface area contributed by atoms with E-state index in [9.17, 15) is 0 Å². The Morgan fingerprint density at radius 2 is 1.58 bits per heavy atom. The number of pyridine rings is 2. The molecule has 4 nitrogen and oxygen atoms in total. The maximum Gasteiger partial charge on any atom is 0.147 e.